The number of nitrogens with two attached hydrogens (primary N) is 1. The normalized spacial score (nSPS) is 11.9. The zero-order chi connectivity index (χ0) is 12.3. The molecule has 0 aliphatic heterocycles. The van der Waals surface area contributed by atoms with E-state index in [-0.39, 0.29) is 0 Å². The van der Waals surface area contributed by atoms with Crippen LogP contribution in [0.5, 0.6) is 0 Å². The van der Waals surface area contributed by atoms with Gasteiger partial charge in [0.25, 0.3) is 11.5 Å². The van der Waals surface area contributed by atoms with E-state index in [1.165, 1.54) is 18.2 Å². The van der Waals surface area contributed by atoms with Crippen LogP contribution in [0.25, 0.3) is 0 Å². The van der Waals surface area contributed by atoms with Gasteiger partial charge < -0.3 is 11.1 Å². The second kappa shape index (κ2) is 4.94. The third-order valence-corrected chi connectivity index (χ3v) is 2.16. The number of halogens is 2. The molecule has 1 rings (SSSR count). The molecule has 86 valence electrons. The molecule has 3 N–H and O–H groups in total. The van der Waals surface area contributed by atoms with Crippen LogP contribution < -0.4 is 11.1 Å². The summed E-state index contributed by atoms with van der Waals surface area (Å²) in [6, 6.07) is 4.41. The van der Waals surface area contributed by atoms with Crippen LogP contribution in [0.4, 0.5) is 10.1 Å². The number of amides is 2. The topological polar surface area (TPSA) is 72.2 Å². The molecule has 16 heavy (non-hydrogen) atoms. The zero-order valence-corrected chi connectivity index (χ0v) is 9.22. The van der Waals surface area contributed by atoms with Gasteiger partial charge in [-0.1, -0.05) is 11.6 Å². The lowest BCUT2D eigenvalue weighted by atomic mass is 10.1. The van der Waals surface area contributed by atoms with Crippen LogP contribution in [-0.2, 0) is 4.79 Å². The number of primary amides is 1. The van der Waals surface area contributed by atoms with Gasteiger partial charge in [-0.3, -0.25) is 9.59 Å². The summed E-state index contributed by atoms with van der Waals surface area (Å²) in [4.78, 5) is 21.8. The minimum absolute atomic E-state index is 0.348. The molecule has 4 nitrogen and oxygen atoms in total. The summed E-state index contributed by atoms with van der Waals surface area (Å²) >= 11 is 4.95. The molecular formula is C10H10ClFN2O2. The Morgan fingerprint density at radius 1 is 1.50 bits per heavy atom. The fourth-order valence-corrected chi connectivity index (χ4v) is 1.27. The van der Waals surface area contributed by atoms with Crippen LogP contribution in [0.15, 0.2) is 18.2 Å². The van der Waals surface area contributed by atoms with Crippen molar-refractivity contribution in [3.63, 3.8) is 0 Å². The summed E-state index contributed by atoms with van der Waals surface area (Å²) in [7, 11) is 0. The SMILES string of the molecule is Cc1cc(NC(=O)C(F)Cl)ccc1C(N)=O. The van der Waals surface area contributed by atoms with E-state index in [1.807, 2.05) is 0 Å². The first-order valence-electron chi connectivity index (χ1n) is 4.41. The highest BCUT2D eigenvalue weighted by Gasteiger charge is 2.14. The molecule has 2 amide bonds. The van der Waals surface area contributed by atoms with Crippen LogP contribution in [-0.4, -0.2) is 17.4 Å². The maximum Gasteiger partial charge on any atom is 0.274 e. The van der Waals surface area contributed by atoms with Gasteiger partial charge in [-0.2, -0.15) is 0 Å². The Kier molecular flexibility index (Phi) is 3.84. The van der Waals surface area contributed by atoms with Gasteiger partial charge in [-0.25, -0.2) is 4.39 Å². The first kappa shape index (κ1) is 12.4. The number of carbonyl (C=O) groups excluding carboxylic acids is 2. The van der Waals surface area contributed by atoms with Gasteiger partial charge in [0.2, 0.25) is 5.91 Å². The van der Waals surface area contributed by atoms with Gasteiger partial charge in [-0.15, -0.1) is 0 Å². The second-order valence-electron chi connectivity index (χ2n) is 3.18. The van der Waals surface area contributed by atoms with Crippen LogP contribution in [0.1, 0.15) is 15.9 Å². The number of hydrogen-bond donors (Lipinski definition) is 2. The first-order chi connectivity index (χ1) is 7.41. The third-order valence-electron chi connectivity index (χ3n) is 1.96. The van der Waals surface area contributed by atoms with Crippen LogP contribution >= 0.6 is 11.6 Å². The average molecular weight is 245 g/mol. The molecule has 0 radical (unpaired) electrons. The van der Waals surface area contributed by atoms with Crippen molar-refractivity contribution in [2.45, 2.75) is 12.6 Å². The van der Waals surface area contributed by atoms with Crippen molar-refractivity contribution in [1.29, 1.82) is 0 Å². The van der Waals surface area contributed by atoms with Crippen molar-refractivity contribution in [2.24, 2.45) is 5.73 Å². The average Bonchev–Trinajstić information content (AvgIpc) is 2.16. The number of carbonyl (C=O) groups is 2. The van der Waals surface area contributed by atoms with E-state index in [4.69, 9.17) is 17.3 Å². The molecule has 0 saturated heterocycles. The van der Waals surface area contributed by atoms with Gasteiger partial charge in [0.05, 0.1) is 0 Å². The molecule has 0 saturated carbocycles. The predicted octanol–water partition coefficient (Wildman–Crippen LogP) is 1.57. The van der Waals surface area contributed by atoms with Crippen molar-refractivity contribution < 1.29 is 14.0 Å². The highest BCUT2D eigenvalue weighted by Crippen LogP contribution is 2.15. The minimum Gasteiger partial charge on any atom is -0.366 e. The van der Waals surface area contributed by atoms with Crippen molar-refractivity contribution in [3.05, 3.63) is 29.3 Å². The zero-order valence-electron chi connectivity index (χ0n) is 8.46. The monoisotopic (exact) mass is 244 g/mol. The van der Waals surface area contributed by atoms with E-state index in [9.17, 15) is 14.0 Å². The minimum atomic E-state index is -2.10. The van der Waals surface area contributed by atoms with E-state index >= 15 is 0 Å². The lowest BCUT2D eigenvalue weighted by Crippen LogP contribution is -2.19. The lowest BCUT2D eigenvalue weighted by Gasteiger charge is -2.07. The summed E-state index contributed by atoms with van der Waals surface area (Å²) in [6.07, 6.45) is 0. The number of aryl methyl sites for hydroxylation is 1. The number of alkyl halides is 2. The number of nitrogens with one attached hydrogen (secondary N) is 1. The van der Waals surface area contributed by atoms with E-state index in [2.05, 4.69) is 5.32 Å². The van der Waals surface area contributed by atoms with Gasteiger partial charge >= 0.3 is 0 Å². The number of benzene rings is 1. The van der Waals surface area contributed by atoms with Crippen molar-refractivity contribution in [3.8, 4) is 0 Å². The Morgan fingerprint density at radius 3 is 2.56 bits per heavy atom. The molecule has 0 bridgehead atoms. The highest BCUT2D eigenvalue weighted by atomic mass is 35.5. The summed E-state index contributed by atoms with van der Waals surface area (Å²) < 4.78 is 12.4. The standard InChI is InChI=1S/C10H10ClFN2O2/c1-5-4-6(14-10(16)8(11)12)2-3-7(5)9(13)15/h2-4,8H,1H3,(H2,13,15)(H,14,16). The molecule has 0 aliphatic carbocycles. The molecule has 1 unspecified atom stereocenters. The summed E-state index contributed by atoms with van der Waals surface area (Å²) in [5.41, 5.74) is 4.30. The molecule has 0 fully saturated rings. The highest BCUT2D eigenvalue weighted by molar-refractivity contribution is 6.31. The van der Waals surface area contributed by atoms with Gasteiger partial charge in [0, 0.05) is 11.3 Å². The van der Waals surface area contributed by atoms with E-state index < -0.39 is 17.4 Å². The lowest BCUT2D eigenvalue weighted by molar-refractivity contribution is -0.118. The predicted molar refractivity (Wildman–Crippen MR) is 59.1 cm³/mol. The molecule has 0 aliphatic rings. The fraction of sp³-hybridized carbons (Fsp3) is 0.200. The smallest absolute Gasteiger partial charge is 0.274 e. The van der Waals surface area contributed by atoms with Crippen molar-refractivity contribution in [2.75, 3.05) is 5.32 Å². The van der Waals surface area contributed by atoms with Gasteiger partial charge in [0.15, 0.2) is 0 Å². The van der Waals surface area contributed by atoms with Gasteiger partial charge in [-0.05, 0) is 30.7 Å². The van der Waals surface area contributed by atoms with Crippen LogP contribution in [0.3, 0.4) is 0 Å². The summed E-state index contributed by atoms with van der Waals surface area (Å²) in [5.74, 6) is -1.51. The molecular weight excluding hydrogens is 235 g/mol. The largest absolute Gasteiger partial charge is 0.366 e. The first-order valence-corrected chi connectivity index (χ1v) is 4.85. The van der Waals surface area contributed by atoms with E-state index in [0.29, 0.717) is 16.8 Å². The van der Waals surface area contributed by atoms with E-state index in [0.717, 1.165) is 0 Å². The quantitative estimate of drug-likeness (QED) is 0.792. The molecule has 1 aromatic rings. The maximum absolute atomic E-state index is 12.4. The summed E-state index contributed by atoms with van der Waals surface area (Å²) in [6.45, 7) is 1.66. The Morgan fingerprint density at radius 2 is 2.12 bits per heavy atom. The van der Waals surface area contributed by atoms with Crippen molar-refractivity contribution in [1.82, 2.24) is 0 Å². The molecule has 6 heteroatoms. The summed E-state index contributed by atoms with van der Waals surface area (Å²) in [5, 5.41) is 2.25. The molecule has 1 atom stereocenters. The number of anilines is 1. The molecule has 0 heterocycles. The maximum atomic E-state index is 12.4. The third kappa shape index (κ3) is 2.93. The Hall–Kier alpha value is -1.62. The van der Waals surface area contributed by atoms with Crippen LogP contribution in [0.2, 0.25) is 0 Å². The molecule has 0 aromatic heterocycles. The number of hydrogen-bond acceptors (Lipinski definition) is 2. The number of rotatable bonds is 3. The Labute approximate surface area is 96.6 Å². The second-order valence-corrected chi connectivity index (χ2v) is 3.57. The van der Waals surface area contributed by atoms with Crippen molar-refractivity contribution >= 4 is 29.1 Å². The Bertz CT molecular complexity index is 435. The molecule has 0 spiro atoms. The molecule has 1 aromatic carbocycles. The van der Waals surface area contributed by atoms with E-state index in [1.54, 1.807) is 6.92 Å². The van der Waals surface area contributed by atoms with Crippen LogP contribution in [0, 0.1) is 6.92 Å². The Balaban J connectivity index is 2.90. The van der Waals surface area contributed by atoms with Gasteiger partial charge in [0.1, 0.15) is 0 Å². The fourth-order valence-electron chi connectivity index (χ4n) is 1.21.